The maximum atomic E-state index is 12.2. The number of carbonyl (C=O) groups is 1. The smallest absolute Gasteiger partial charge is 0.343 e. The molecule has 1 aliphatic heterocycles. The lowest BCUT2D eigenvalue weighted by Gasteiger charge is -2.06. The van der Waals surface area contributed by atoms with Crippen molar-refractivity contribution in [3.05, 3.63) is 112 Å². The Morgan fingerprint density at radius 3 is 2.17 bits per heavy atom. The first-order chi connectivity index (χ1) is 14.1. The topological polar surface area (TPSA) is 78.7 Å². The van der Waals surface area contributed by atoms with Crippen molar-refractivity contribution >= 4 is 23.5 Å². The van der Waals surface area contributed by atoms with E-state index in [9.17, 15) is 14.9 Å². The highest BCUT2D eigenvalue weighted by Crippen LogP contribution is 2.30. The third-order valence-corrected chi connectivity index (χ3v) is 4.27. The number of nitro benzene ring substituents is 1. The molecule has 0 saturated heterocycles. The van der Waals surface area contributed by atoms with Gasteiger partial charge in [-0.2, -0.15) is 0 Å². The van der Waals surface area contributed by atoms with Crippen LogP contribution in [0, 0.1) is 10.1 Å². The van der Waals surface area contributed by atoms with E-state index in [0.717, 1.165) is 11.3 Å². The Morgan fingerprint density at radius 2 is 1.52 bits per heavy atom. The van der Waals surface area contributed by atoms with E-state index in [-0.39, 0.29) is 5.69 Å². The van der Waals surface area contributed by atoms with Gasteiger partial charge in [-0.1, -0.05) is 18.2 Å². The average Bonchev–Trinajstić information content (AvgIpc) is 3.10. The van der Waals surface area contributed by atoms with Crippen LogP contribution in [0.2, 0.25) is 0 Å². The lowest BCUT2D eigenvalue weighted by atomic mass is 10.1. The molecule has 29 heavy (non-hydrogen) atoms. The SMILES string of the molecule is O=C1OC(c2ccc(Oc3ccccc3)cc2)=C/C1=C\c1ccc([N+](=O)[O-])cc1. The van der Waals surface area contributed by atoms with Crippen molar-refractivity contribution in [1.82, 2.24) is 0 Å². The summed E-state index contributed by atoms with van der Waals surface area (Å²) in [5.41, 5.74) is 1.78. The number of non-ortho nitro benzene ring substituents is 1. The van der Waals surface area contributed by atoms with Gasteiger partial charge in [-0.3, -0.25) is 10.1 Å². The van der Waals surface area contributed by atoms with Gasteiger partial charge in [-0.25, -0.2) is 4.79 Å². The Bertz CT molecular complexity index is 1110. The van der Waals surface area contributed by atoms with Gasteiger partial charge in [0.2, 0.25) is 0 Å². The lowest BCUT2D eigenvalue weighted by molar-refractivity contribution is -0.384. The predicted molar refractivity (Wildman–Crippen MR) is 108 cm³/mol. The molecule has 0 bridgehead atoms. The van der Waals surface area contributed by atoms with Crippen molar-refractivity contribution in [2.45, 2.75) is 0 Å². The van der Waals surface area contributed by atoms with Gasteiger partial charge in [0.05, 0.1) is 10.5 Å². The van der Waals surface area contributed by atoms with Crippen LogP contribution in [-0.2, 0) is 9.53 Å². The maximum absolute atomic E-state index is 12.2. The van der Waals surface area contributed by atoms with Crippen LogP contribution in [0.25, 0.3) is 11.8 Å². The van der Waals surface area contributed by atoms with Crippen molar-refractivity contribution in [2.24, 2.45) is 0 Å². The van der Waals surface area contributed by atoms with Crippen molar-refractivity contribution in [1.29, 1.82) is 0 Å². The second-order valence-electron chi connectivity index (χ2n) is 6.29. The molecule has 0 spiro atoms. The minimum atomic E-state index is -0.469. The van der Waals surface area contributed by atoms with E-state index < -0.39 is 10.9 Å². The van der Waals surface area contributed by atoms with Crippen molar-refractivity contribution in [3.8, 4) is 11.5 Å². The summed E-state index contributed by atoms with van der Waals surface area (Å²) in [6, 6.07) is 22.6. The molecular weight excluding hydrogens is 370 g/mol. The predicted octanol–water partition coefficient (Wildman–Crippen LogP) is 5.37. The molecule has 3 aromatic rings. The van der Waals surface area contributed by atoms with Gasteiger partial charge < -0.3 is 9.47 Å². The zero-order valence-electron chi connectivity index (χ0n) is 15.1. The number of cyclic esters (lactones) is 1. The Hall–Kier alpha value is -4.19. The van der Waals surface area contributed by atoms with E-state index in [1.54, 1.807) is 36.4 Å². The molecule has 0 N–H and O–H groups in total. The maximum Gasteiger partial charge on any atom is 0.343 e. The van der Waals surface area contributed by atoms with Crippen LogP contribution in [0.5, 0.6) is 11.5 Å². The molecule has 4 rings (SSSR count). The molecule has 0 amide bonds. The third-order valence-electron chi connectivity index (χ3n) is 4.27. The lowest BCUT2D eigenvalue weighted by Crippen LogP contribution is -1.97. The summed E-state index contributed by atoms with van der Waals surface area (Å²) in [7, 11) is 0. The molecule has 0 radical (unpaired) electrons. The van der Waals surface area contributed by atoms with Crippen LogP contribution in [0.1, 0.15) is 11.1 Å². The molecule has 0 aliphatic carbocycles. The highest BCUT2D eigenvalue weighted by atomic mass is 16.6. The summed E-state index contributed by atoms with van der Waals surface area (Å²) in [6.45, 7) is 0. The highest BCUT2D eigenvalue weighted by Gasteiger charge is 2.22. The Labute approximate surface area is 166 Å². The Kier molecular flexibility index (Phi) is 4.90. The van der Waals surface area contributed by atoms with Crippen LogP contribution < -0.4 is 4.74 Å². The average molecular weight is 385 g/mol. The van der Waals surface area contributed by atoms with Gasteiger partial charge in [-0.05, 0) is 66.2 Å². The summed E-state index contributed by atoms with van der Waals surface area (Å²) in [6.07, 6.45) is 3.28. The van der Waals surface area contributed by atoms with Gasteiger partial charge in [-0.15, -0.1) is 0 Å². The van der Waals surface area contributed by atoms with E-state index in [0.29, 0.717) is 22.6 Å². The summed E-state index contributed by atoms with van der Waals surface area (Å²) in [5.74, 6) is 1.38. The zero-order valence-corrected chi connectivity index (χ0v) is 15.1. The molecule has 1 aliphatic rings. The van der Waals surface area contributed by atoms with Gasteiger partial charge in [0.15, 0.2) is 0 Å². The fraction of sp³-hybridized carbons (Fsp3) is 0. The van der Waals surface area contributed by atoms with Crippen molar-refractivity contribution in [2.75, 3.05) is 0 Å². The molecule has 0 aromatic heterocycles. The van der Waals surface area contributed by atoms with Gasteiger partial charge in [0.1, 0.15) is 17.3 Å². The van der Waals surface area contributed by atoms with Crippen LogP contribution in [0.4, 0.5) is 5.69 Å². The largest absolute Gasteiger partial charge is 0.457 e. The fourth-order valence-corrected chi connectivity index (χ4v) is 2.81. The second-order valence-corrected chi connectivity index (χ2v) is 6.29. The molecule has 0 atom stereocenters. The molecule has 0 saturated carbocycles. The molecular formula is C23H15NO5. The Balaban J connectivity index is 1.51. The number of para-hydroxylation sites is 1. The molecule has 1 heterocycles. The standard InChI is InChI=1S/C23H15NO5/c25-23-18(14-16-6-10-19(11-7-16)24(26)27)15-22(29-23)17-8-12-21(13-9-17)28-20-4-2-1-3-5-20/h1-15H/b18-14+. The van der Waals surface area contributed by atoms with E-state index in [1.165, 1.54) is 12.1 Å². The van der Waals surface area contributed by atoms with Gasteiger partial charge in [0.25, 0.3) is 5.69 Å². The first-order valence-electron chi connectivity index (χ1n) is 8.82. The number of nitro groups is 1. The normalized spacial score (nSPS) is 14.4. The zero-order chi connectivity index (χ0) is 20.2. The quantitative estimate of drug-likeness (QED) is 0.255. The molecule has 0 unspecified atom stereocenters. The summed E-state index contributed by atoms with van der Waals surface area (Å²) < 4.78 is 11.1. The summed E-state index contributed by atoms with van der Waals surface area (Å²) >= 11 is 0. The number of nitrogens with zero attached hydrogens (tertiary/aromatic N) is 1. The number of ether oxygens (including phenoxy) is 2. The number of rotatable bonds is 5. The molecule has 142 valence electrons. The van der Waals surface area contributed by atoms with Crippen LogP contribution in [-0.4, -0.2) is 10.9 Å². The number of hydrogen-bond donors (Lipinski definition) is 0. The number of benzene rings is 3. The number of esters is 1. The molecule has 6 nitrogen and oxygen atoms in total. The number of carbonyl (C=O) groups excluding carboxylic acids is 1. The minimum absolute atomic E-state index is 0.00445. The van der Waals surface area contributed by atoms with E-state index in [2.05, 4.69) is 0 Å². The van der Waals surface area contributed by atoms with E-state index in [1.807, 2.05) is 42.5 Å². The Morgan fingerprint density at radius 1 is 0.862 bits per heavy atom. The van der Waals surface area contributed by atoms with Crippen molar-refractivity contribution in [3.63, 3.8) is 0 Å². The van der Waals surface area contributed by atoms with Crippen LogP contribution >= 0.6 is 0 Å². The fourth-order valence-electron chi connectivity index (χ4n) is 2.81. The molecule has 6 heteroatoms. The minimum Gasteiger partial charge on any atom is -0.457 e. The highest BCUT2D eigenvalue weighted by molar-refractivity contribution is 6.05. The van der Waals surface area contributed by atoms with Gasteiger partial charge in [0, 0.05) is 17.7 Å². The van der Waals surface area contributed by atoms with E-state index in [4.69, 9.17) is 9.47 Å². The summed E-state index contributed by atoms with van der Waals surface area (Å²) in [5, 5.41) is 10.7. The van der Waals surface area contributed by atoms with E-state index >= 15 is 0 Å². The number of hydrogen-bond acceptors (Lipinski definition) is 5. The van der Waals surface area contributed by atoms with Gasteiger partial charge >= 0.3 is 5.97 Å². The van der Waals surface area contributed by atoms with Crippen molar-refractivity contribution < 1.29 is 19.2 Å². The van der Waals surface area contributed by atoms with Crippen LogP contribution in [0.3, 0.4) is 0 Å². The summed E-state index contributed by atoms with van der Waals surface area (Å²) in [4.78, 5) is 22.4. The molecule has 3 aromatic carbocycles. The second kappa shape index (κ2) is 7.82. The van der Waals surface area contributed by atoms with Crippen LogP contribution in [0.15, 0.2) is 90.5 Å². The molecule has 0 fully saturated rings. The monoisotopic (exact) mass is 385 g/mol. The third kappa shape index (κ3) is 4.22. The first-order valence-corrected chi connectivity index (χ1v) is 8.82. The first kappa shape index (κ1) is 18.2.